The summed E-state index contributed by atoms with van der Waals surface area (Å²) in [5.74, 6) is 0.0907. The van der Waals surface area contributed by atoms with Gasteiger partial charge >= 0.3 is 6.09 Å². The van der Waals surface area contributed by atoms with Crippen molar-refractivity contribution in [2.45, 2.75) is 27.0 Å². The normalized spacial score (nSPS) is 10.7. The number of carbonyl (C=O) groups is 1. The summed E-state index contributed by atoms with van der Waals surface area (Å²) >= 11 is 0. The molecule has 0 fully saturated rings. The maximum atomic E-state index is 12.8. The quantitative estimate of drug-likeness (QED) is 0.889. The lowest BCUT2D eigenvalue weighted by Gasteiger charge is -2.07. The van der Waals surface area contributed by atoms with Gasteiger partial charge in [0.1, 0.15) is 18.1 Å². The first kappa shape index (κ1) is 15.9. The van der Waals surface area contributed by atoms with Gasteiger partial charge in [0, 0.05) is 6.54 Å². The van der Waals surface area contributed by atoms with Crippen molar-refractivity contribution >= 4 is 6.09 Å². The van der Waals surface area contributed by atoms with Crippen LogP contribution in [0.1, 0.15) is 25.1 Å². The van der Waals surface area contributed by atoms with Crippen molar-refractivity contribution in [2.24, 2.45) is 5.92 Å². The minimum absolute atomic E-state index is 0.0628. The van der Waals surface area contributed by atoms with Gasteiger partial charge in [0.25, 0.3) is 0 Å². The average molecular weight is 306 g/mol. The van der Waals surface area contributed by atoms with Gasteiger partial charge in [-0.15, -0.1) is 5.10 Å². The molecule has 0 saturated carbocycles. The van der Waals surface area contributed by atoms with Crippen LogP contribution < -0.4 is 5.32 Å². The highest BCUT2D eigenvalue weighted by molar-refractivity contribution is 5.67. The summed E-state index contributed by atoms with van der Waals surface area (Å²) < 4.78 is 19.5. The van der Waals surface area contributed by atoms with E-state index in [9.17, 15) is 9.18 Å². The van der Waals surface area contributed by atoms with Crippen LogP contribution in [0.4, 0.5) is 9.18 Å². The predicted molar refractivity (Wildman–Crippen MR) is 78.5 cm³/mol. The summed E-state index contributed by atoms with van der Waals surface area (Å²) in [5.41, 5.74) is 1.47. The molecule has 0 aliphatic heterocycles. The van der Waals surface area contributed by atoms with Crippen LogP contribution >= 0.6 is 0 Å². The van der Waals surface area contributed by atoms with Crippen LogP contribution in [0.15, 0.2) is 30.5 Å². The summed E-state index contributed by atoms with van der Waals surface area (Å²) in [6.45, 7) is 5.11. The average Bonchev–Trinajstić information content (AvgIpc) is 2.93. The number of benzene rings is 1. The predicted octanol–water partition coefficient (Wildman–Crippen LogP) is 2.35. The van der Waals surface area contributed by atoms with Crippen LogP contribution in [0.5, 0.6) is 0 Å². The second kappa shape index (κ2) is 7.53. The molecule has 1 heterocycles. The minimum atomic E-state index is -0.471. The molecule has 0 bridgehead atoms. The molecule has 1 aromatic carbocycles. The number of hydrogen-bond acceptors (Lipinski definition) is 4. The molecule has 1 N–H and O–H groups in total. The fraction of sp³-hybridized carbons (Fsp3) is 0.400. The number of alkyl carbamates (subject to hydrolysis) is 1. The first-order chi connectivity index (χ1) is 10.5. The largest absolute Gasteiger partial charge is 0.443 e. The van der Waals surface area contributed by atoms with E-state index >= 15 is 0 Å². The lowest BCUT2D eigenvalue weighted by Crippen LogP contribution is -2.27. The first-order valence-corrected chi connectivity index (χ1v) is 7.07. The van der Waals surface area contributed by atoms with E-state index in [4.69, 9.17) is 4.74 Å². The van der Waals surface area contributed by atoms with Crippen molar-refractivity contribution in [1.82, 2.24) is 20.3 Å². The third-order valence-corrected chi connectivity index (χ3v) is 2.85. The molecule has 0 aliphatic rings. The topological polar surface area (TPSA) is 69.0 Å². The number of halogens is 1. The van der Waals surface area contributed by atoms with Crippen LogP contribution in [0.2, 0.25) is 0 Å². The molecule has 2 aromatic rings. The molecule has 0 radical (unpaired) electrons. The van der Waals surface area contributed by atoms with Gasteiger partial charge in [0.15, 0.2) is 0 Å². The summed E-state index contributed by atoms with van der Waals surface area (Å²) in [7, 11) is 0. The zero-order valence-electron chi connectivity index (χ0n) is 12.6. The third kappa shape index (κ3) is 5.16. The molecule has 2 rings (SSSR count). The number of rotatable bonds is 6. The smallest absolute Gasteiger partial charge is 0.407 e. The number of nitrogens with one attached hydrogen (secondary N) is 1. The molecule has 118 valence electrons. The molecule has 1 aromatic heterocycles. The van der Waals surface area contributed by atoms with Gasteiger partial charge in [-0.2, -0.15) is 0 Å². The van der Waals surface area contributed by atoms with Crippen LogP contribution in [0.3, 0.4) is 0 Å². The number of aromatic nitrogens is 3. The highest BCUT2D eigenvalue weighted by atomic mass is 19.1. The molecule has 22 heavy (non-hydrogen) atoms. The number of hydrogen-bond donors (Lipinski definition) is 1. The van der Waals surface area contributed by atoms with Gasteiger partial charge in [0.05, 0.1) is 12.7 Å². The maximum absolute atomic E-state index is 12.8. The maximum Gasteiger partial charge on any atom is 0.407 e. The summed E-state index contributed by atoms with van der Waals surface area (Å²) in [5, 5.41) is 10.5. The Morgan fingerprint density at radius 3 is 2.77 bits per heavy atom. The van der Waals surface area contributed by atoms with Gasteiger partial charge < -0.3 is 10.1 Å². The molecular formula is C15H19FN4O2. The van der Waals surface area contributed by atoms with Gasteiger partial charge in [-0.05, 0) is 23.6 Å². The van der Waals surface area contributed by atoms with E-state index in [0.29, 0.717) is 24.7 Å². The molecule has 0 unspecified atom stereocenters. The zero-order valence-corrected chi connectivity index (χ0v) is 12.6. The molecule has 0 spiro atoms. The molecule has 6 nitrogen and oxygen atoms in total. The second-order valence-corrected chi connectivity index (χ2v) is 5.38. The molecule has 0 atom stereocenters. The van der Waals surface area contributed by atoms with Gasteiger partial charge in [-0.3, -0.25) is 0 Å². The van der Waals surface area contributed by atoms with Crippen molar-refractivity contribution in [3.8, 4) is 0 Å². The van der Waals surface area contributed by atoms with E-state index < -0.39 is 6.09 Å². The Bertz CT molecular complexity index is 610. The first-order valence-electron chi connectivity index (χ1n) is 7.07. The number of ether oxygens (including phenoxy) is 1. The van der Waals surface area contributed by atoms with Gasteiger partial charge in [0.2, 0.25) is 0 Å². The van der Waals surface area contributed by atoms with Crippen LogP contribution in [-0.2, 0) is 17.9 Å². The van der Waals surface area contributed by atoms with E-state index in [1.165, 1.54) is 12.1 Å². The summed E-state index contributed by atoms with van der Waals surface area (Å²) in [4.78, 5) is 11.4. The van der Waals surface area contributed by atoms with Crippen LogP contribution in [0, 0.1) is 11.7 Å². The Morgan fingerprint density at radius 1 is 1.36 bits per heavy atom. The SMILES string of the molecule is CC(C)CNC(=O)OCc1cn(Cc2ccc(F)cc2)nn1. The summed E-state index contributed by atoms with van der Waals surface area (Å²) in [6.07, 6.45) is 1.22. The summed E-state index contributed by atoms with van der Waals surface area (Å²) in [6, 6.07) is 6.17. The van der Waals surface area contributed by atoms with E-state index in [1.807, 2.05) is 13.8 Å². The minimum Gasteiger partial charge on any atom is -0.443 e. The number of carbonyl (C=O) groups excluding carboxylic acids is 1. The lowest BCUT2D eigenvalue weighted by molar-refractivity contribution is 0.137. The van der Waals surface area contributed by atoms with Crippen LogP contribution in [-0.4, -0.2) is 27.6 Å². The Kier molecular flexibility index (Phi) is 5.46. The van der Waals surface area contributed by atoms with Crippen molar-refractivity contribution in [3.63, 3.8) is 0 Å². The monoisotopic (exact) mass is 306 g/mol. The Labute approximate surface area is 128 Å². The Morgan fingerprint density at radius 2 is 2.09 bits per heavy atom. The molecule has 1 amide bonds. The Hall–Kier alpha value is -2.44. The van der Waals surface area contributed by atoms with E-state index in [-0.39, 0.29) is 12.4 Å². The second-order valence-electron chi connectivity index (χ2n) is 5.38. The highest BCUT2D eigenvalue weighted by Crippen LogP contribution is 2.05. The lowest BCUT2D eigenvalue weighted by atomic mass is 10.2. The molecule has 0 saturated heterocycles. The van der Waals surface area contributed by atoms with Crippen molar-refractivity contribution in [1.29, 1.82) is 0 Å². The van der Waals surface area contributed by atoms with Crippen molar-refractivity contribution in [3.05, 3.63) is 47.5 Å². The van der Waals surface area contributed by atoms with Crippen molar-refractivity contribution in [2.75, 3.05) is 6.54 Å². The zero-order chi connectivity index (χ0) is 15.9. The standard InChI is InChI=1S/C15H19FN4O2/c1-11(2)7-17-15(21)22-10-14-9-20(19-18-14)8-12-3-5-13(16)6-4-12/h3-6,9,11H,7-8,10H2,1-2H3,(H,17,21). The molecule has 0 aliphatic carbocycles. The van der Waals surface area contributed by atoms with E-state index in [0.717, 1.165) is 5.56 Å². The third-order valence-electron chi connectivity index (χ3n) is 2.85. The van der Waals surface area contributed by atoms with Gasteiger partial charge in [-0.1, -0.05) is 31.2 Å². The van der Waals surface area contributed by atoms with Gasteiger partial charge in [-0.25, -0.2) is 13.9 Å². The fourth-order valence-electron chi connectivity index (χ4n) is 1.74. The fourth-order valence-corrected chi connectivity index (χ4v) is 1.74. The van der Waals surface area contributed by atoms with E-state index in [1.54, 1.807) is 23.0 Å². The number of nitrogens with zero attached hydrogens (tertiary/aromatic N) is 3. The van der Waals surface area contributed by atoms with Crippen LogP contribution in [0.25, 0.3) is 0 Å². The molecule has 7 heteroatoms. The number of amides is 1. The van der Waals surface area contributed by atoms with Crippen molar-refractivity contribution < 1.29 is 13.9 Å². The van der Waals surface area contributed by atoms with E-state index in [2.05, 4.69) is 15.6 Å². The molecular weight excluding hydrogens is 287 g/mol. The Balaban J connectivity index is 1.81. The highest BCUT2D eigenvalue weighted by Gasteiger charge is 2.07.